The normalized spacial score (nSPS) is 18.0. The molecule has 160 valence electrons. The number of amides is 1. The van der Waals surface area contributed by atoms with Crippen LogP contribution in [0.1, 0.15) is 47.2 Å². The Balaban J connectivity index is 1.34. The van der Waals surface area contributed by atoms with E-state index < -0.39 is 10.0 Å². The standard InChI is InChI=1S/C23H29N3O3S/c27-23(21-7-5-6-20(16-21)18-25-12-1-2-13-25)24-17-19-8-10-22(11-9-19)30(28,29)26-14-3-4-15-26/h5-11,16H,1-4,12-15,17-18H2,(H,24,27). The molecule has 0 atom stereocenters. The lowest BCUT2D eigenvalue weighted by Gasteiger charge is -2.16. The summed E-state index contributed by atoms with van der Waals surface area (Å²) in [6.45, 7) is 4.68. The van der Waals surface area contributed by atoms with Gasteiger partial charge in [0.2, 0.25) is 10.0 Å². The smallest absolute Gasteiger partial charge is 0.251 e. The number of sulfonamides is 1. The summed E-state index contributed by atoms with van der Waals surface area (Å²) < 4.78 is 26.8. The van der Waals surface area contributed by atoms with E-state index in [4.69, 9.17) is 0 Å². The quantitative estimate of drug-likeness (QED) is 0.738. The van der Waals surface area contributed by atoms with E-state index in [2.05, 4.69) is 16.3 Å². The highest BCUT2D eigenvalue weighted by molar-refractivity contribution is 7.89. The summed E-state index contributed by atoms with van der Waals surface area (Å²) in [5.74, 6) is -0.118. The molecule has 30 heavy (non-hydrogen) atoms. The van der Waals surface area contributed by atoms with Gasteiger partial charge in [-0.1, -0.05) is 24.3 Å². The van der Waals surface area contributed by atoms with Crippen LogP contribution in [0.3, 0.4) is 0 Å². The molecule has 0 aliphatic carbocycles. The molecule has 0 unspecified atom stereocenters. The monoisotopic (exact) mass is 427 g/mol. The van der Waals surface area contributed by atoms with Crippen molar-refractivity contribution in [3.8, 4) is 0 Å². The van der Waals surface area contributed by atoms with Crippen molar-refractivity contribution in [2.45, 2.75) is 43.7 Å². The summed E-state index contributed by atoms with van der Waals surface area (Å²) in [5.41, 5.74) is 2.68. The number of rotatable bonds is 7. The van der Waals surface area contributed by atoms with Crippen LogP contribution in [0.15, 0.2) is 53.4 Å². The molecule has 0 saturated carbocycles. The van der Waals surface area contributed by atoms with Gasteiger partial charge in [0, 0.05) is 31.7 Å². The van der Waals surface area contributed by atoms with Gasteiger partial charge in [-0.05, 0) is 74.2 Å². The lowest BCUT2D eigenvalue weighted by Crippen LogP contribution is -2.28. The Kier molecular flexibility index (Phi) is 6.51. The van der Waals surface area contributed by atoms with Crippen molar-refractivity contribution in [2.24, 2.45) is 0 Å². The number of carbonyl (C=O) groups is 1. The molecule has 0 bridgehead atoms. The van der Waals surface area contributed by atoms with E-state index in [0.717, 1.165) is 43.6 Å². The maximum absolute atomic E-state index is 12.6. The predicted molar refractivity (Wildman–Crippen MR) is 117 cm³/mol. The largest absolute Gasteiger partial charge is 0.348 e. The molecule has 7 heteroatoms. The van der Waals surface area contributed by atoms with Crippen LogP contribution in [0.2, 0.25) is 0 Å². The molecule has 1 N–H and O–H groups in total. The second-order valence-electron chi connectivity index (χ2n) is 8.12. The fourth-order valence-electron chi connectivity index (χ4n) is 4.15. The lowest BCUT2D eigenvalue weighted by molar-refractivity contribution is 0.0950. The Hall–Kier alpha value is -2.22. The number of benzene rings is 2. The van der Waals surface area contributed by atoms with Crippen molar-refractivity contribution in [1.82, 2.24) is 14.5 Å². The maximum Gasteiger partial charge on any atom is 0.251 e. The predicted octanol–water partition coefficient (Wildman–Crippen LogP) is 3.00. The average molecular weight is 428 g/mol. The van der Waals surface area contributed by atoms with Gasteiger partial charge in [-0.3, -0.25) is 9.69 Å². The molecule has 2 aromatic carbocycles. The molecule has 2 aliphatic rings. The van der Waals surface area contributed by atoms with Crippen LogP contribution in [-0.4, -0.2) is 49.7 Å². The number of nitrogens with one attached hydrogen (secondary N) is 1. The van der Waals surface area contributed by atoms with Crippen molar-refractivity contribution in [1.29, 1.82) is 0 Å². The van der Waals surface area contributed by atoms with Crippen molar-refractivity contribution in [2.75, 3.05) is 26.2 Å². The highest BCUT2D eigenvalue weighted by atomic mass is 32.2. The van der Waals surface area contributed by atoms with Crippen LogP contribution in [0.5, 0.6) is 0 Å². The molecule has 0 spiro atoms. The van der Waals surface area contributed by atoms with Gasteiger partial charge in [0.15, 0.2) is 0 Å². The zero-order valence-corrected chi connectivity index (χ0v) is 18.0. The minimum Gasteiger partial charge on any atom is -0.348 e. The third kappa shape index (κ3) is 4.91. The van der Waals surface area contributed by atoms with Crippen LogP contribution in [0.4, 0.5) is 0 Å². The second kappa shape index (κ2) is 9.29. The third-order valence-corrected chi connectivity index (χ3v) is 7.79. The van der Waals surface area contributed by atoms with Crippen LogP contribution in [-0.2, 0) is 23.1 Å². The number of hydrogen-bond acceptors (Lipinski definition) is 4. The summed E-state index contributed by atoms with van der Waals surface area (Å²) >= 11 is 0. The summed E-state index contributed by atoms with van der Waals surface area (Å²) in [5, 5.41) is 2.94. The minimum absolute atomic E-state index is 0.118. The van der Waals surface area contributed by atoms with Crippen molar-refractivity contribution >= 4 is 15.9 Å². The van der Waals surface area contributed by atoms with Crippen LogP contribution in [0.25, 0.3) is 0 Å². The van der Waals surface area contributed by atoms with E-state index >= 15 is 0 Å². The van der Waals surface area contributed by atoms with E-state index in [1.807, 2.05) is 18.2 Å². The first-order valence-corrected chi connectivity index (χ1v) is 12.1. The maximum atomic E-state index is 12.6. The summed E-state index contributed by atoms with van der Waals surface area (Å²) in [6.07, 6.45) is 4.34. The van der Waals surface area contributed by atoms with E-state index in [9.17, 15) is 13.2 Å². The molecule has 2 saturated heterocycles. The molecule has 2 heterocycles. The number of nitrogens with zero attached hydrogens (tertiary/aromatic N) is 2. The average Bonchev–Trinajstić information content (AvgIpc) is 3.47. The first kappa shape index (κ1) is 21.0. The Morgan fingerprint density at radius 3 is 2.23 bits per heavy atom. The van der Waals surface area contributed by atoms with Gasteiger partial charge >= 0.3 is 0 Å². The summed E-state index contributed by atoms with van der Waals surface area (Å²) in [7, 11) is -3.40. The zero-order chi connectivity index (χ0) is 21.0. The van der Waals surface area contributed by atoms with Gasteiger partial charge in [0.05, 0.1) is 4.90 Å². The second-order valence-corrected chi connectivity index (χ2v) is 10.1. The molecular formula is C23H29N3O3S. The third-order valence-electron chi connectivity index (χ3n) is 5.87. The lowest BCUT2D eigenvalue weighted by atomic mass is 10.1. The van der Waals surface area contributed by atoms with Crippen molar-refractivity contribution in [3.63, 3.8) is 0 Å². The summed E-state index contributed by atoms with van der Waals surface area (Å²) in [6, 6.07) is 14.6. The van der Waals surface area contributed by atoms with Gasteiger partial charge in [-0.15, -0.1) is 0 Å². The molecular weight excluding hydrogens is 398 g/mol. The molecule has 4 rings (SSSR count). The minimum atomic E-state index is -3.40. The first-order valence-electron chi connectivity index (χ1n) is 10.7. The van der Waals surface area contributed by atoms with Gasteiger partial charge in [-0.25, -0.2) is 8.42 Å². The molecule has 2 aliphatic heterocycles. The van der Waals surface area contributed by atoms with E-state index in [1.54, 1.807) is 28.6 Å². The topological polar surface area (TPSA) is 69.7 Å². The highest BCUT2D eigenvalue weighted by Gasteiger charge is 2.26. The Bertz CT molecular complexity index is 977. The summed E-state index contributed by atoms with van der Waals surface area (Å²) in [4.78, 5) is 15.3. The SMILES string of the molecule is O=C(NCc1ccc(S(=O)(=O)N2CCCC2)cc1)c1cccc(CN2CCCC2)c1. The van der Waals surface area contributed by atoms with Crippen molar-refractivity contribution in [3.05, 3.63) is 65.2 Å². The van der Waals surface area contributed by atoms with Gasteiger partial charge < -0.3 is 5.32 Å². The first-order chi connectivity index (χ1) is 14.5. The van der Waals surface area contributed by atoms with Crippen LogP contribution < -0.4 is 5.32 Å². The molecule has 2 aromatic rings. The van der Waals surface area contributed by atoms with Gasteiger partial charge in [0.25, 0.3) is 5.91 Å². The molecule has 0 aromatic heterocycles. The Morgan fingerprint density at radius 1 is 0.867 bits per heavy atom. The van der Waals surface area contributed by atoms with Crippen molar-refractivity contribution < 1.29 is 13.2 Å². The van der Waals surface area contributed by atoms with Crippen LogP contribution >= 0.6 is 0 Å². The number of hydrogen-bond donors (Lipinski definition) is 1. The van der Waals surface area contributed by atoms with Gasteiger partial charge in [-0.2, -0.15) is 4.31 Å². The van der Waals surface area contributed by atoms with E-state index in [-0.39, 0.29) is 5.91 Å². The zero-order valence-electron chi connectivity index (χ0n) is 17.2. The Labute approximate surface area is 178 Å². The van der Waals surface area contributed by atoms with Gasteiger partial charge in [0.1, 0.15) is 0 Å². The fourth-order valence-corrected chi connectivity index (χ4v) is 5.67. The molecule has 2 fully saturated rings. The molecule has 6 nitrogen and oxygen atoms in total. The van der Waals surface area contributed by atoms with Crippen LogP contribution in [0, 0.1) is 0 Å². The number of likely N-dealkylation sites (tertiary alicyclic amines) is 1. The highest BCUT2D eigenvalue weighted by Crippen LogP contribution is 2.21. The number of carbonyl (C=O) groups excluding carboxylic acids is 1. The van der Waals surface area contributed by atoms with E-state index in [1.165, 1.54) is 12.8 Å². The molecule has 0 radical (unpaired) electrons. The fraction of sp³-hybridized carbons (Fsp3) is 0.435. The van der Waals surface area contributed by atoms with E-state index in [0.29, 0.717) is 30.1 Å². The molecule has 1 amide bonds. The Morgan fingerprint density at radius 2 is 1.53 bits per heavy atom.